The maximum absolute atomic E-state index is 13.5. The molecule has 1 amide bonds. The Morgan fingerprint density at radius 2 is 1.24 bits per heavy atom. The Balaban J connectivity index is 0.928. The van der Waals surface area contributed by atoms with E-state index in [4.69, 9.17) is 21.4 Å². The Kier molecular flexibility index (Phi) is 9.74. The number of allylic oxidation sites excluding steroid dienone is 8. The van der Waals surface area contributed by atoms with E-state index in [-0.39, 0.29) is 18.0 Å². The Hall–Kier alpha value is -3.27. The number of aromatic amines is 2. The van der Waals surface area contributed by atoms with Crippen LogP contribution in [0.5, 0.6) is 0 Å². The summed E-state index contributed by atoms with van der Waals surface area (Å²) < 4.78 is 0. The first-order valence-corrected chi connectivity index (χ1v) is 20.1. The maximum atomic E-state index is 13.5. The van der Waals surface area contributed by atoms with Crippen molar-refractivity contribution in [2.24, 2.45) is 35.1 Å². The van der Waals surface area contributed by atoms with E-state index in [0.717, 1.165) is 81.7 Å². The van der Waals surface area contributed by atoms with Crippen LogP contribution in [0.25, 0.3) is 11.1 Å². The van der Waals surface area contributed by atoms with Gasteiger partial charge in [0.2, 0.25) is 5.91 Å². The number of carbonyl (C=O) groups excluding carboxylic acids is 1. The van der Waals surface area contributed by atoms with Crippen molar-refractivity contribution in [1.82, 2.24) is 29.7 Å². The van der Waals surface area contributed by atoms with E-state index in [1.807, 2.05) is 6.20 Å². The molecule has 9 heteroatoms. The van der Waals surface area contributed by atoms with E-state index in [1.54, 1.807) is 0 Å². The first-order chi connectivity index (χ1) is 24.6. The molecule has 0 radical (unpaired) electrons. The summed E-state index contributed by atoms with van der Waals surface area (Å²) in [5, 5.41) is 0. The van der Waals surface area contributed by atoms with Crippen LogP contribution < -0.4 is 11.5 Å². The third kappa shape index (κ3) is 6.86. The fourth-order valence-corrected chi connectivity index (χ4v) is 10.7. The molecule has 4 bridgehead atoms. The molecule has 2 aromatic rings. The zero-order chi connectivity index (χ0) is 35.4. The summed E-state index contributed by atoms with van der Waals surface area (Å²) in [5.41, 5.74) is 20.8. The van der Waals surface area contributed by atoms with Gasteiger partial charge in [-0.1, -0.05) is 52.0 Å². The van der Waals surface area contributed by atoms with Gasteiger partial charge in [-0.05, 0) is 123 Å². The Labute approximate surface area is 304 Å². The van der Waals surface area contributed by atoms with Gasteiger partial charge in [-0.15, -0.1) is 0 Å². The van der Waals surface area contributed by atoms with Crippen molar-refractivity contribution in [2.75, 3.05) is 6.54 Å². The molecule has 0 aromatic carbocycles. The third-order valence-electron chi connectivity index (χ3n) is 13.0. The lowest BCUT2D eigenvalue weighted by atomic mass is 9.86. The number of carbonyl (C=O) groups is 1. The third-order valence-corrected chi connectivity index (χ3v) is 13.0. The van der Waals surface area contributed by atoms with Gasteiger partial charge in [0.15, 0.2) is 0 Å². The monoisotopic (exact) mass is 692 g/mol. The summed E-state index contributed by atoms with van der Waals surface area (Å²) in [4.78, 5) is 35.6. The number of nitrogens with two attached hydrogens (primary N) is 2. The SMILES string of the molecule is CC(C)CC(N)CN1C2CCC(C2)C1c1ncc(C2=CC=C(C3=CC=C(c4cnc(C5C6CCC(C6)N5C(=O)C(N)CC(C)C)[nH]4)CC3)CC2)[nH]1. The normalized spacial score (nSPS) is 30.2. The van der Waals surface area contributed by atoms with Crippen molar-refractivity contribution < 1.29 is 4.79 Å². The lowest BCUT2D eigenvalue weighted by Crippen LogP contribution is -2.49. The van der Waals surface area contributed by atoms with Crippen molar-refractivity contribution in [1.29, 1.82) is 0 Å². The summed E-state index contributed by atoms with van der Waals surface area (Å²) in [6.07, 6.45) is 26.3. The molecular weight excluding hydrogens is 633 g/mol. The number of imidazole rings is 2. The van der Waals surface area contributed by atoms with Crippen LogP contribution in [0.3, 0.4) is 0 Å². The molecule has 4 fully saturated rings. The second-order valence-electron chi connectivity index (χ2n) is 17.5. The summed E-state index contributed by atoms with van der Waals surface area (Å²) in [6, 6.07) is 1.11. The van der Waals surface area contributed by atoms with Gasteiger partial charge >= 0.3 is 0 Å². The number of amides is 1. The molecule has 51 heavy (non-hydrogen) atoms. The average molecular weight is 693 g/mol. The van der Waals surface area contributed by atoms with Crippen LogP contribution in [-0.4, -0.2) is 66.4 Å². The molecule has 9 nitrogen and oxygen atoms in total. The second kappa shape index (κ2) is 14.3. The molecule has 2 aromatic heterocycles. The molecule has 8 atom stereocenters. The molecule has 6 N–H and O–H groups in total. The van der Waals surface area contributed by atoms with E-state index >= 15 is 0 Å². The number of nitrogens with zero attached hydrogens (tertiary/aromatic N) is 4. The molecule has 2 aliphatic heterocycles. The van der Waals surface area contributed by atoms with Crippen molar-refractivity contribution in [3.05, 3.63) is 70.9 Å². The van der Waals surface area contributed by atoms with E-state index in [0.29, 0.717) is 41.8 Å². The van der Waals surface area contributed by atoms with Crippen molar-refractivity contribution in [3.8, 4) is 0 Å². The quantitative estimate of drug-likeness (QED) is 0.184. The highest BCUT2D eigenvalue weighted by Gasteiger charge is 2.51. The van der Waals surface area contributed by atoms with E-state index in [1.165, 1.54) is 47.2 Å². The molecule has 8 rings (SSSR count). The van der Waals surface area contributed by atoms with Gasteiger partial charge in [0.05, 0.1) is 41.9 Å². The summed E-state index contributed by atoms with van der Waals surface area (Å²) in [7, 11) is 0. The molecule has 2 saturated carbocycles. The predicted molar refractivity (Wildman–Crippen MR) is 204 cm³/mol. The Morgan fingerprint density at radius 3 is 1.80 bits per heavy atom. The number of hydrogen-bond acceptors (Lipinski definition) is 6. The highest BCUT2D eigenvalue weighted by atomic mass is 16.2. The van der Waals surface area contributed by atoms with Crippen LogP contribution in [0.2, 0.25) is 0 Å². The molecule has 8 unspecified atom stereocenters. The van der Waals surface area contributed by atoms with Crippen LogP contribution in [0.1, 0.15) is 140 Å². The Bertz CT molecular complexity index is 1720. The number of rotatable bonds is 12. The molecule has 4 heterocycles. The fourth-order valence-electron chi connectivity index (χ4n) is 10.7. The first kappa shape index (κ1) is 34.8. The predicted octanol–water partition coefficient (Wildman–Crippen LogP) is 7.36. The average Bonchev–Trinajstić information content (AvgIpc) is 3.97. The number of fused-ring (bicyclic) bond motifs is 4. The lowest BCUT2D eigenvalue weighted by Gasteiger charge is -2.36. The van der Waals surface area contributed by atoms with Gasteiger partial charge in [0.25, 0.3) is 0 Å². The summed E-state index contributed by atoms with van der Waals surface area (Å²) in [5.74, 6) is 4.33. The second-order valence-corrected chi connectivity index (χ2v) is 17.5. The van der Waals surface area contributed by atoms with Crippen molar-refractivity contribution in [3.63, 3.8) is 0 Å². The van der Waals surface area contributed by atoms with Gasteiger partial charge in [-0.2, -0.15) is 0 Å². The Morgan fingerprint density at radius 1 is 0.725 bits per heavy atom. The van der Waals surface area contributed by atoms with Crippen LogP contribution in [0, 0.1) is 23.7 Å². The van der Waals surface area contributed by atoms with Gasteiger partial charge in [-0.3, -0.25) is 9.69 Å². The van der Waals surface area contributed by atoms with Crippen molar-refractivity contribution in [2.45, 2.75) is 141 Å². The number of hydrogen-bond donors (Lipinski definition) is 4. The number of piperidine rings is 2. The largest absolute Gasteiger partial charge is 0.341 e. The lowest BCUT2D eigenvalue weighted by molar-refractivity contribution is -0.137. The van der Waals surface area contributed by atoms with Crippen LogP contribution >= 0.6 is 0 Å². The zero-order valence-electron chi connectivity index (χ0n) is 31.3. The van der Waals surface area contributed by atoms with E-state index in [2.05, 4.69) is 78.0 Å². The number of aromatic nitrogens is 4. The minimum atomic E-state index is -0.440. The van der Waals surface area contributed by atoms with Crippen molar-refractivity contribution >= 4 is 17.1 Å². The molecule has 2 saturated heterocycles. The zero-order valence-corrected chi connectivity index (χ0v) is 31.3. The van der Waals surface area contributed by atoms with Gasteiger partial charge < -0.3 is 26.3 Å². The fraction of sp³-hybridized carbons (Fsp3) is 0.643. The summed E-state index contributed by atoms with van der Waals surface area (Å²) >= 11 is 0. The first-order valence-electron chi connectivity index (χ1n) is 20.1. The van der Waals surface area contributed by atoms with Crippen LogP contribution in [0.4, 0.5) is 0 Å². The minimum absolute atomic E-state index is 0.0121. The maximum Gasteiger partial charge on any atom is 0.240 e. The van der Waals surface area contributed by atoms with Crippen LogP contribution in [0.15, 0.2) is 47.8 Å². The molecule has 6 aliphatic rings. The number of H-pyrrole nitrogens is 2. The van der Waals surface area contributed by atoms with E-state index < -0.39 is 6.04 Å². The number of likely N-dealkylation sites (tertiary alicyclic amines) is 2. The molecule has 4 aliphatic carbocycles. The minimum Gasteiger partial charge on any atom is -0.341 e. The molecular formula is C42H60N8O. The van der Waals surface area contributed by atoms with E-state index in [9.17, 15) is 4.79 Å². The van der Waals surface area contributed by atoms with Gasteiger partial charge in [0, 0.05) is 24.7 Å². The highest BCUT2D eigenvalue weighted by molar-refractivity contribution is 5.83. The highest BCUT2D eigenvalue weighted by Crippen LogP contribution is 2.51. The van der Waals surface area contributed by atoms with Gasteiger partial charge in [0.1, 0.15) is 11.6 Å². The smallest absolute Gasteiger partial charge is 0.240 e. The topological polar surface area (TPSA) is 133 Å². The van der Waals surface area contributed by atoms with Gasteiger partial charge in [-0.25, -0.2) is 9.97 Å². The molecule has 274 valence electrons. The number of nitrogens with one attached hydrogen (secondary N) is 2. The molecule has 0 spiro atoms. The van der Waals surface area contributed by atoms with Crippen LogP contribution in [-0.2, 0) is 4.79 Å². The standard InChI is InChI=1S/C42H60N8O/c1-24(2)17-32(43)23-49-33-15-13-30(19-33)38(49)40-45-21-36(47-40)28-9-5-26(6-10-28)27-7-11-29(12-8-27)37-22-46-41(48-37)39-31-14-16-34(20-31)50(39)42(51)35(44)18-25(3)4/h5,7,9,11,21-22,24-25,30-35,38-39H,6,8,10,12-20,23,43-44H2,1-4H3,(H,45,47)(H,46,48). The summed E-state index contributed by atoms with van der Waals surface area (Å²) in [6.45, 7) is 9.76.